The van der Waals surface area contributed by atoms with Crippen molar-refractivity contribution in [3.8, 4) is 17.2 Å². The SMILES string of the molecule is COc1cc([C@H]2C3=C(CCCC3=O)Nc3[nH][nH]c(=O)c32)cc(OC)c1O. The molecule has 8 heteroatoms. The Bertz CT molecular complexity index is 960. The molecule has 136 valence electrons. The number of ketones is 1. The molecule has 2 heterocycles. The lowest BCUT2D eigenvalue weighted by atomic mass is 9.76. The molecule has 1 aromatic heterocycles. The third-order valence-electron chi connectivity index (χ3n) is 4.96. The van der Waals surface area contributed by atoms with E-state index >= 15 is 0 Å². The van der Waals surface area contributed by atoms with Crippen molar-refractivity contribution < 1.29 is 19.4 Å². The first kappa shape index (κ1) is 16.3. The maximum absolute atomic E-state index is 12.7. The van der Waals surface area contributed by atoms with Gasteiger partial charge in [0.05, 0.1) is 19.8 Å². The predicted octanol–water partition coefficient (Wildman–Crippen LogP) is 1.99. The zero-order chi connectivity index (χ0) is 18.4. The van der Waals surface area contributed by atoms with Crippen LogP contribution in [0.25, 0.3) is 0 Å². The molecule has 1 aliphatic carbocycles. The van der Waals surface area contributed by atoms with Crippen LogP contribution in [-0.2, 0) is 4.79 Å². The number of nitrogens with one attached hydrogen (secondary N) is 3. The van der Waals surface area contributed by atoms with Crippen molar-refractivity contribution in [2.75, 3.05) is 19.5 Å². The van der Waals surface area contributed by atoms with Crippen LogP contribution in [-0.4, -0.2) is 35.3 Å². The van der Waals surface area contributed by atoms with Crippen LogP contribution in [0.5, 0.6) is 17.2 Å². The van der Waals surface area contributed by atoms with Gasteiger partial charge in [0.15, 0.2) is 17.3 Å². The van der Waals surface area contributed by atoms with Gasteiger partial charge >= 0.3 is 0 Å². The quantitative estimate of drug-likeness (QED) is 0.667. The van der Waals surface area contributed by atoms with Crippen molar-refractivity contribution in [1.29, 1.82) is 0 Å². The summed E-state index contributed by atoms with van der Waals surface area (Å²) in [6, 6.07) is 3.27. The number of fused-ring (bicyclic) bond motifs is 1. The summed E-state index contributed by atoms with van der Waals surface area (Å²) in [5.74, 6) is 0.321. The van der Waals surface area contributed by atoms with Crippen LogP contribution in [0.15, 0.2) is 28.2 Å². The van der Waals surface area contributed by atoms with Gasteiger partial charge in [-0.2, -0.15) is 0 Å². The number of hydrogen-bond acceptors (Lipinski definition) is 6. The summed E-state index contributed by atoms with van der Waals surface area (Å²) in [6.07, 6.45) is 1.95. The van der Waals surface area contributed by atoms with Gasteiger partial charge in [0.1, 0.15) is 5.82 Å². The molecule has 8 nitrogen and oxygen atoms in total. The Morgan fingerprint density at radius 1 is 1.08 bits per heavy atom. The average Bonchev–Trinajstić information content (AvgIpc) is 3.01. The first-order valence-corrected chi connectivity index (χ1v) is 8.33. The van der Waals surface area contributed by atoms with E-state index in [0.717, 1.165) is 18.5 Å². The number of carbonyl (C=O) groups is 1. The highest BCUT2D eigenvalue weighted by atomic mass is 16.5. The number of H-pyrrole nitrogens is 2. The molecule has 2 aliphatic rings. The molecule has 0 radical (unpaired) electrons. The molecule has 0 spiro atoms. The maximum atomic E-state index is 12.7. The number of ether oxygens (including phenoxy) is 2. The van der Waals surface area contributed by atoms with Crippen molar-refractivity contribution >= 4 is 11.6 Å². The number of Topliss-reactive ketones (excluding diaryl/α,β-unsaturated/α-hetero) is 1. The Balaban J connectivity index is 1.99. The first-order chi connectivity index (χ1) is 12.5. The number of benzene rings is 1. The van der Waals surface area contributed by atoms with E-state index in [1.54, 1.807) is 12.1 Å². The number of hydrogen-bond donors (Lipinski definition) is 4. The van der Waals surface area contributed by atoms with Gasteiger partial charge in [-0.3, -0.25) is 19.8 Å². The summed E-state index contributed by atoms with van der Waals surface area (Å²) in [4.78, 5) is 25.1. The van der Waals surface area contributed by atoms with Crippen LogP contribution in [0.2, 0.25) is 0 Å². The molecular formula is C18H19N3O5. The molecule has 4 rings (SSSR count). The Labute approximate surface area is 148 Å². The predicted molar refractivity (Wildman–Crippen MR) is 94.0 cm³/mol. The summed E-state index contributed by atoms with van der Waals surface area (Å²) >= 11 is 0. The van der Waals surface area contributed by atoms with E-state index in [1.165, 1.54) is 14.2 Å². The Morgan fingerprint density at radius 2 is 1.77 bits per heavy atom. The number of aromatic nitrogens is 2. The van der Waals surface area contributed by atoms with E-state index in [2.05, 4.69) is 15.5 Å². The minimum Gasteiger partial charge on any atom is -0.502 e. The second kappa shape index (κ2) is 5.98. The fourth-order valence-corrected chi connectivity index (χ4v) is 3.78. The molecule has 0 fully saturated rings. The van der Waals surface area contributed by atoms with E-state index in [9.17, 15) is 14.7 Å². The second-order valence-corrected chi connectivity index (χ2v) is 6.37. The van der Waals surface area contributed by atoms with Crippen LogP contribution >= 0.6 is 0 Å². The number of rotatable bonds is 3. The minimum atomic E-state index is -0.563. The molecule has 4 N–H and O–H groups in total. The highest BCUT2D eigenvalue weighted by molar-refractivity contribution is 6.01. The summed E-state index contributed by atoms with van der Waals surface area (Å²) in [6.45, 7) is 0. The summed E-state index contributed by atoms with van der Waals surface area (Å²) in [7, 11) is 2.87. The lowest BCUT2D eigenvalue weighted by molar-refractivity contribution is -0.116. The van der Waals surface area contributed by atoms with Crippen LogP contribution in [0.3, 0.4) is 0 Å². The molecule has 1 aliphatic heterocycles. The first-order valence-electron chi connectivity index (χ1n) is 8.33. The number of anilines is 1. The standard InChI is InChI=1S/C18H19N3O5/c1-25-11-6-8(7-12(26-2)16(11)23)13-14-9(4-3-5-10(14)22)19-17-15(13)18(24)21-20-17/h6-7,13,23H,3-5H2,1-2H3,(H3,19,20,21,24)/t13-/m0/s1. The lowest BCUT2D eigenvalue weighted by Crippen LogP contribution is -2.29. The molecule has 1 aromatic carbocycles. The highest BCUT2D eigenvalue weighted by Gasteiger charge is 2.38. The molecule has 0 saturated carbocycles. The monoisotopic (exact) mass is 357 g/mol. The van der Waals surface area contributed by atoms with Gasteiger partial charge < -0.3 is 19.9 Å². The van der Waals surface area contributed by atoms with Crippen LogP contribution in [0.4, 0.5) is 5.82 Å². The fourth-order valence-electron chi connectivity index (χ4n) is 3.78. The van der Waals surface area contributed by atoms with E-state index in [0.29, 0.717) is 28.9 Å². The largest absolute Gasteiger partial charge is 0.502 e. The average molecular weight is 357 g/mol. The normalized spacial score (nSPS) is 18.8. The molecule has 0 saturated heterocycles. The van der Waals surface area contributed by atoms with Crippen molar-refractivity contribution in [2.24, 2.45) is 0 Å². The molecular weight excluding hydrogens is 338 g/mol. The number of aromatic hydroxyl groups is 1. The Kier molecular flexibility index (Phi) is 3.75. The number of allylic oxidation sites excluding steroid dienone is 2. The zero-order valence-electron chi connectivity index (χ0n) is 14.4. The topological polar surface area (TPSA) is 116 Å². The number of methoxy groups -OCH3 is 2. The van der Waals surface area contributed by atoms with Gasteiger partial charge in [-0.1, -0.05) is 0 Å². The van der Waals surface area contributed by atoms with Crippen molar-refractivity contribution in [3.63, 3.8) is 0 Å². The lowest BCUT2D eigenvalue weighted by Gasteiger charge is -2.31. The third kappa shape index (κ3) is 2.29. The van der Waals surface area contributed by atoms with Crippen LogP contribution in [0, 0.1) is 0 Å². The van der Waals surface area contributed by atoms with Crippen LogP contribution in [0.1, 0.15) is 36.3 Å². The number of phenols is 1. The Hall–Kier alpha value is -3.16. The van der Waals surface area contributed by atoms with Crippen molar-refractivity contribution in [1.82, 2.24) is 10.2 Å². The highest BCUT2D eigenvalue weighted by Crippen LogP contribution is 2.47. The summed E-state index contributed by atoms with van der Waals surface area (Å²) < 4.78 is 10.5. The molecule has 1 atom stereocenters. The van der Waals surface area contributed by atoms with Gasteiger partial charge in [0, 0.05) is 23.6 Å². The van der Waals surface area contributed by atoms with Crippen LogP contribution < -0.4 is 20.3 Å². The number of carbonyl (C=O) groups excluding carboxylic acids is 1. The third-order valence-corrected chi connectivity index (χ3v) is 4.96. The molecule has 2 aromatic rings. The maximum Gasteiger partial charge on any atom is 0.270 e. The van der Waals surface area contributed by atoms with Gasteiger partial charge in [-0.25, -0.2) is 0 Å². The van der Waals surface area contributed by atoms with E-state index in [-0.39, 0.29) is 28.6 Å². The molecule has 26 heavy (non-hydrogen) atoms. The Morgan fingerprint density at radius 3 is 2.42 bits per heavy atom. The number of aromatic amines is 2. The van der Waals surface area contributed by atoms with E-state index in [1.807, 2.05) is 0 Å². The van der Waals surface area contributed by atoms with Gasteiger partial charge in [0.25, 0.3) is 5.56 Å². The van der Waals surface area contributed by atoms with E-state index in [4.69, 9.17) is 9.47 Å². The zero-order valence-corrected chi connectivity index (χ0v) is 14.4. The fraction of sp³-hybridized carbons (Fsp3) is 0.333. The minimum absolute atomic E-state index is 0.0148. The summed E-state index contributed by atoms with van der Waals surface area (Å²) in [5.41, 5.74) is 2.19. The van der Waals surface area contributed by atoms with Gasteiger partial charge in [0.2, 0.25) is 5.75 Å². The molecule has 0 amide bonds. The summed E-state index contributed by atoms with van der Waals surface area (Å²) in [5, 5.41) is 18.8. The molecule has 0 bridgehead atoms. The van der Waals surface area contributed by atoms with Gasteiger partial charge in [-0.15, -0.1) is 0 Å². The number of phenolic OH excluding ortho intramolecular Hbond substituents is 1. The second-order valence-electron chi connectivity index (χ2n) is 6.37. The van der Waals surface area contributed by atoms with Gasteiger partial charge in [-0.05, 0) is 30.5 Å². The smallest absolute Gasteiger partial charge is 0.270 e. The van der Waals surface area contributed by atoms with E-state index < -0.39 is 5.92 Å². The van der Waals surface area contributed by atoms with Crippen molar-refractivity contribution in [2.45, 2.75) is 25.2 Å². The molecule has 0 unspecified atom stereocenters. The van der Waals surface area contributed by atoms with Crippen molar-refractivity contribution in [3.05, 3.63) is 44.9 Å².